The summed E-state index contributed by atoms with van der Waals surface area (Å²) in [4.78, 5) is 10.9. The van der Waals surface area contributed by atoms with E-state index in [0.29, 0.717) is 17.4 Å². The summed E-state index contributed by atoms with van der Waals surface area (Å²) in [7, 11) is 0. The first-order chi connectivity index (χ1) is 11.1. The molecule has 1 atom stereocenters. The van der Waals surface area contributed by atoms with E-state index < -0.39 is 5.97 Å². The predicted octanol–water partition coefficient (Wildman–Crippen LogP) is 4.50. The molecule has 1 unspecified atom stereocenters. The normalized spacial score (nSPS) is 11.2. The molecule has 0 aliphatic carbocycles. The zero-order chi connectivity index (χ0) is 16.7. The second kappa shape index (κ2) is 8.26. The Bertz CT molecular complexity index is 726. The molecule has 2 rings (SSSR count). The maximum atomic E-state index is 10.9. The highest BCUT2D eigenvalue weighted by Crippen LogP contribution is 2.23. The van der Waals surface area contributed by atoms with Crippen LogP contribution in [-0.2, 0) is 11.4 Å². The van der Waals surface area contributed by atoms with Crippen molar-refractivity contribution in [3.63, 3.8) is 0 Å². The Hall–Kier alpha value is -2.44. The van der Waals surface area contributed by atoms with Crippen molar-refractivity contribution in [1.29, 1.82) is 0 Å². The fourth-order valence-electron chi connectivity index (χ4n) is 2.19. The van der Waals surface area contributed by atoms with Crippen LogP contribution < -0.4 is 4.74 Å². The minimum absolute atomic E-state index is 0.0104. The highest BCUT2D eigenvalue weighted by Gasteiger charge is 2.13. The van der Waals surface area contributed by atoms with E-state index in [1.807, 2.05) is 48.5 Å². The van der Waals surface area contributed by atoms with Gasteiger partial charge in [-0.2, -0.15) is 0 Å². The predicted molar refractivity (Wildman–Crippen MR) is 90.7 cm³/mol. The lowest BCUT2D eigenvalue weighted by molar-refractivity contribution is -0.137. The van der Waals surface area contributed by atoms with Crippen molar-refractivity contribution in [2.24, 2.45) is 0 Å². The van der Waals surface area contributed by atoms with E-state index in [0.717, 1.165) is 11.1 Å². The number of hydrogen-bond donors (Lipinski definition) is 1. The molecule has 0 heterocycles. The summed E-state index contributed by atoms with van der Waals surface area (Å²) in [6.07, 6.45) is -0.0104. The van der Waals surface area contributed by atoms with Gasteiger partial charge in [-0.25, -0.2) is 0 Å². The van der Waals surface area contributed by atoms with Gasteiger partial charge in [-0.1, -0.05) is 41.8 Å². The number of rotatable bonds is 6. The molecule has 0 radical (unpaired) electrons. The minimum atomic E-state index is -0.862. The number of carboxylic acids is 1. The van der Waals surface area contributed by atoms with Crippen LogP contribution in [0.15, 0.2) is 48.5 Å². The van der Waals surface area contributed by atoms with Crippen LogP contribution >= 0.6 is 11.6 Å². The molecule has 3 nitrogen and oxygen atoms in total. The summed E-state index contributed by atoms with van der Waals surface area (Å²) >= 11 is 5.94. The summed E-state index contributed by atoms with van der Waals surface area (Å²) in [5, 5.41) is 9.63. The van der Waals surface area contributed by atoms with E-state index in [1.165, 1.54) is 0 Å². The molecule has 0 amide bonds. The van der Waals surface area contributed by atoms with Crippen molar-refractivity contribution in [2.45, 2.75) is 25.9 Å². The van der Waals surface area contributed by atoms with Gasteiger partial charge in [-0.3, -0.25) is 4.79 Å². The van der Waals surface area contributed by atoms with Gasteiger partial charge in [0.05, 0.1) is 12.3 Å². The quantitative estimate of drug-likeness (QED) is 0.794. The molecule has 23 heavy (non-hydrogen) atoms. The second-order valence-corrected chi connectivity index (χ2v) is 5.47. The Kier molecular flexibility index (Phi) is 6.08. The van der Waals surface area contributed by atoms with E-state index in [4.69, 9.17) is 21.4 Å². The second-order valence-electron chi connectivity index (χ2n) is 5.03. The van der Waals surface area contributed by atoms with Gasteiger partial charge in [0.25, 0.3) is 0 Å². The van der Waals surface area contributed by atoms with Crippen molar-refractivity contribution in [3.05, 3.63) is 64.7 Å². The number of halogens is 1. The fourth-order valence-corrected chi connectivity index (χ4v) is 2.40. The third-order valence-corrected chi connectivity index (χ3v) is 3.51. The van der Waals surface area contributed by atoms with Crippen molar-refractivity contribution in [3.8, 4) is 17.6 Å². The molecular weight excluding hydrogens is 312 g/mol. The van der Waals surface area contributed by atoms with E-state index in [1.54, 1.807) is 6.92 Å². The highest BCUT2D eigenvalue weighted by molar-refractivity contribution is 6.30. The summed E-state index contributed by atoms with van der Waals surface area (Å²) < 4.78 is 5.71. The Morgan fingerprint density at radius 3 is 2.61 bits per heavy atom. The molecule has 0 aromatic heterocycles. The van der Waals surface area contributed by atoms with Crippen LogP contribution in [0, 0.1) is 11.8 Å². The van der Waals surface area contributed by atoms with Gasteiger partial charge in [0, 0.05) is 5.02 Å². The lowest BCUT2D eigenvalue weighted by Gasteiger charge is -2.11. The molecule has 0 aliphatic heterocycles. The Morgan fingerprint density at radius 2 is 2.00 bits per heavy atom. The summed E-state index contributed by atoms with van der Waals surface area (Å²) in [6.45, 7) is 2.13. The minimum Gasteiger partial charge on any atom is -0.489 e. The van der Waals surface area contributed by atoms with Crippen molar-refractivity contribution < 1.29 is 14.6 Å². The van der Waals surface area contributed by atoms with Crippen LogP contribution in [0.5, 0.6) is 5.75 Å². The Balaban J connectivity index is 2.03. The Morgan fingerprint density at radius 1 is 1.26 bits per heavy atom. The van der Waals surface area contributed by atoms with Crippen LogP contribution in [-0.4, -0.2) is 11.1 Å². The van der Waals surface area contributed by atoms with E-state index in [-0.39, 0.29) is 12.3 Å². The number of benzene rings is 2. The van der Waals surface area contributed by atoms with Crippen LogP contribution in [0.3, 0.4) is 0 Å². The summed E-state index contributed by atoms with van der Waals surface area (Å²) in [5.74, 6) is 5.26. The van der Waals surface area contributed by atoms with Gasteiger partial charge in [-0.05, 0) is 42.3 Å². The summed E-state index contributed by atoms with van der Waals surface area (Å²) in [5.41, 5.74) is 1.86. The first-order valence-electron chi connectivity index (χ1n) is 7.19. The van der Waals surface area contributed by atoms with Gasteiger partial charge in [-0.15, -0.1) is 5.92 Å². The lowest BCUT2D eigenvalue weighted by Crippen LogP contribution is -2.04. The van der Waals surface area contributed by atoms with Crippen LogP contribution in [0.2, 0.25) is 5.02 Å². The first-order valence-corrected chi connectivity index (χ1v) is 7.57. The van der Waals surface area contributed by atoms with Gasteiger partial charge < -0.3 is 9.84 Å². The highest BCUT2D eigenvalue weighted by atomic mass is 35.5. The van der Waals surface area contributed by atoms with Crippen LogP contribution in [0.4, 0.5) is 0 Å². The molecule has 118 valence electrons. The zero-order valence-electron chi connectivity index (χ0n) is 12.8. The fraction of sp³-hybridized carbons (Fsp3) is 0.211. The van der Waals surface area contributed by atoms with Crippen molar-refractivity contribution in [1.82, 2.24) is 0 Å². The third-order valence-electron chi connectivity index (χ3n) is 3.27. The van der Waals surface area contributed by atoms with E-state index in [2.05, 4.69) is 11.8 Å². The van der Waals surface area contributed by atoms with E-state index >= 15 is 0 Å². The maximum Gasteiger partial charge on any atom is 0.304 e. The number of aliphatic carboxylic acids is 1. The average molecular weight is 329 g/mol. The molecule has 1 N–H and O–H groups in total. The molecule has 0 bridgehead atoms. The van der Waals surface area contributed by atoms with Crippen molar-refractivity contribution >= 4 is 17.6 Å². The van der Waals surface area contributed by atoms with Crippen molar-refractivity contribution in [2.75, 3.05) is 0 Å². The molecule has 4 heteroatoms. The van der Waals surface area contributed by atoms with Gasteiger partial charge >= 0.3 is 5.97 Å². The van der Waals surface area contributed by atoms with Gasteiger partial charge in [0.1, 0.15) is 12.4 Å². The standard InChI is InChI=1S/C19H17ClO3/c1-2-4-16(12-19(21)22)15-7-9-18(10-8-15)23-13-14-5-3-6-17(20)11-14/h3,5-11,16H,12-13H2,1H3,(H,21,22). The zero-order valence-corrected chi connectivity index (χ0v) is 13.5. The molecule has 0 aliphatic rings. The monoisotopic (exact) mass is 328 g/mol. The van der Waals surface area contributed by atoms with Crippen LogP contribution in [0.1, 0.15) is 30.4 Å². The number of hydrogen-bond acceptors (Lipinski definition) is 2. The smallest absolute Gasteiger partial charge is 0.304 e. The molecular formula is C19H17ClO3. The van der Waals surface area contributed by atoms with Crippen LogP contribution in [0.25, 0.3) is 0 Å². The van der Waals surface area contributed by atoms with E-state index in [9.17, 15) is 4.79 Å². The molecule has 0 saturated carbocycles. The van der Waals surface area contributed by atoms with Gasteiger partial charge in [0.2, 0.25) is 0 Å². The average Bonchev–Trinajstić information content (AvgIpc) is 2.53. The number of carbonyl (C=O) groups is 1. The molecule has 0 fully saturated rings. The largest absolute Gasteiger partial charge is 0.489 e. The van der Waals surface area contributed by atoms with Gasteiger partial charge in [0.15, 0.2) is 0 Å². The number of carboxylic acid groups (broad SMARTS) is 1. The molecule has 2 aromatic rings. The topological polar surface area (TPSA) is 46.5 Å². The maximum absolute atomic E-state index is 10.9. The first kappa shape index (κ1) is 16.9. The molecule has 0 saturated heterocycles. The molecule has 0 spiro atoms. The number of ether oxygens (including phenoxy) is 1. The SMILES string of the molecule is CC#CC(CC(=O)O)c1ccc(OCc2cccc(Cl)c2)cc1. The Labute approximate surface area is 140 Å². The summed E-state index contributed by atoms with van der Waals surface area (Å²) in [6, 6.07) is 14.9. The third kappa shape index (κ3) is 5.36. The lowest BCUT2D eigenvalue weighted by atomic mass is 9.96. The molecule has 2 aromatic carbocycles.